The van der Waals surface area contributed by atoms with Gasteiger partial charge in [-0.1, -0.05) is 12.2 Å². The maximum absolute atomic E-state index is 5.61. The summed E-state index contributed by atoms with van der Waals surface area (Å²) in [6, 6.07) is 4.02. The van der Waals surface area contributed by atoms with Crippen molar-refractivity contribution < 1.29 is 24.0 Å². The first-order valence-corrected chi connectivity index (χ1v) is 10.3. The maximum atomic E-state index is 5.61. The maximum Gasteiger partial charge on any atom is 0.164 e. The van der Waals surface area contributed by atoms with E-state index in [0.717, 1.165) is 41.5 Å². The Labute approximate surface area is 162 Å². The zero-order valence-electron chi connectivity index (χ0n) is 16.9. The second kappa shape index (κ2) is 8.11. The van der Waals surface area contributed by atoms with E-state index in [0.29, 0.717) is 0 Å². The lowest BCUT2D eigenvalue weighted by atomic mass is 9.93. The average molecular weight is 375 g/mol. The zero-order valence-corrected chi connectivity index (χ0v) is 16.9. The van der Waals surface area contributed by atoms with Crippen LogP contribution < -0.4 is 24.0 Å². The monoisotopic (exact) mass is 374 g/mol. The number of piperazine rings is 1. The van der Waals surface area contributed by atoms with Crippen molar-refractivity contribution in [2.75, 3.05) is 54.1 Å². The Kier molecular flexibility index (Phi) is 5.60. The van der Waals surface area contributed by atoms with Crippen molar-refractivity contribution in [1.82, 2.24) is 0 Å². The molecule has 5 nitrogen and oxygen atoms in total. The van der Waals surface area contributed by atoms with Crippen molar-refractivity contribution in [2.45, 2.75) is 19.4 Å². The summed E-state index contributed by atoms with van der Waals surface area (Å²) in [7, 11) is 5.08. The van der Waals surface area contributed by atoms with Gasteiger partial charge in [0.25, 0.3) is 0 Å². The third-order valence-corrected chi connectivity index (χ3v) is 6.86. The molecule has 1 aliphatic heterocycles. The van der Waals surface area contributed by atoms with Crippen LogP contribution in [0.2, 0.25) is 0 Å². The van der Waals surface area contributed by atoms with E-state index >= 15 is 0 Å². The van der Waals surface area contributed by atoms with Crippen LogP contribution in [0.5, 0.6) is 17.2 Å². The van der Waals surface area contributed by atoms with Crippen LogP contribution in [-0.4, -0.2) is 54.1 Å². The predicted octanol–water partition coefficient (Wildman–Crippen LogP) is 0.208. The standard InChI is InChI=1S/C22H32N2O3/c1-25-20-13-22(27-3)21(26-2)12-19(20)15-24-8-6-23(7-9-24)14-18-11-16-4-5-17(18)10-16/h4-5,12-13,16-18H,6-11,14-15H2,1-3H3/p+2/t16-,17-,18-/m0/s1. The number of rotatable bonds is 7. The highest BCUT2D eigenvalue weighted by atomic mass is 16.5. The summed E-state index contributed by atoms with van der Waals surface area (Å²) in [5.74, 6) is 5.10. The molecular formula is C22H34N2O3+2. The summed E-state index contributed by atoms with van der Waals surface area (Å²) in [4.78, 5) is 3.45. The molecular weight excluding hydrogens is 340 g/mol. The van der Waals surface area contributed by atoms with Gasteiger partial charge in [0.2, 0.25) is 0 Å². The van der Waals surface area contributed by atoms with Crippen LogP contribution in [0, 0.1) is 17.8 Å². The number of quaternary nitrogens is 2. The van der Waals surface area contributed by atoms with Gasteiger partial charge in [0.1, 0.15) is 38.5 Å². The second-order valence-corrected chi connectivity index (χ2v) is 8.44. The molecule has 1 saturated heterocycles. The number of hydrogen-bond donors (Lipinski definition) is 2. The van der Waals surface area contributed by atoms with Gasteiger partial charge in [-0.25, -0.2) is 0 Å². The molecule has 1 aromatic rings. The Balaban J connectivity index is 1.33. The van der Waals surface area contributed by atoms with Crippen LogP contribution in [-0.2, 0) is 6.54 Å². The quantitative estimate of drug-likeness (QED) is 0.670. The summed E-state index contributed by atoms with van der Waals surface area (Å²) in [5, 5.41) is 0. The lowest BCUT2D eigenvalue weighted by Gasteiger charge is -2.32. The van der Waals surface area contributed by atoms with E-state index in [-0.39, 0.29) is 0 Å². The molecule has 5 heteroatoms. The van der Waals surface area contributed by atoms with Crippen LogP contribution in [0.4, 0.5) is 0 Å². The van der Waals surface area contributed by atoms with E-state index in [1.807, 2.05) is 11.0 Å². The van der Waals surface area contributed by atoms with Crippen LogP contribution in [0.25, 0.3) is 0 Å². The molecule has 1 saturated carbocycles. The van der Waals surface area contributed by atoms with Gasteiger partial charge in [0.05, 0.1) is 33.4 Å². The second-order valence-electron chi connectivity index (χ2n) is 8.44. The molecule has 2 fully saturated rings. The van der Waals surface area contributed by atoms with Gasteiger partial charge in [-0.3, -0.25) is 0 Å². The van der Waals surface area contributed by atoms with E-state index in [2.05, 4.69) is 18.2 Å². The summed E-state index contributed by atoms with van der Waals surface area (Å²) >= 11 is 0. The number of hydrogen-bond acceptors (Lipinski definition) is 3. The van der Waals surface area contributed by atoms with Crippen LogP contribution >= 0.6 is 0 Å². The molecule has 3 atom stereocenters. The lowest BCUT2D eigenvalue weighted by molar-refractivity contribution is -1.02. The molecule has 0 radical (unpaired) electrons. The smallest absolute Gasteiger partial charge is 0.164 e. The van der Waals surface area contributed by atoms with Gasteiger partial charge in [0, 0.05) is 12.0 Å². The predicted molar refractivity (Wildman–Crippen MR) is 105 cm³/mol. The van der Waals surface area contributed by atoms with E-state index in [4.69, 9.17) is 14.2 Å². The van der Waals surface area contributed by atoms with Gasteiger partial charge in [-0.2, -0.15) is 0 Å². The molecule has 0 aromatic heterocycles. The van der Waals surface area contributed by atoms with Gasteiger partial charge >= 0.3 is 0 Å². The van der Waals surface area contributed by atoms with E-state index in [9.17, 15) is 0 Å². The fourth-order valence-electron chi connectivity index (χ4n) is 5.34. The number of methoxy groups -OCH3 is 3. The highest BCUT2D eigenvalue weighted by Gasteiger charge is 2.38. The molecule has 27 heavy (non-hydrogen) atoms. The Morgan fingerprint density at radius 3 is 2.07 bits per heavy atom. The molecule has 2 bridgehead atoms. The normalized spacial score (nSPS) is 31.9. The SMILES string of the molecule is COc1cc(OC)c(OC)cc1C[NH+]1CC[NH+](C[C@@H]2C[C@H]3C=C[C@H]2C3)CC1. The number of ether oxygens (including phenoxy) is 3. The Morgan fingerprint density at radius 1 is 0.815 bits per heavy atom. The third kappa shape index (κ3) is 3.94. The van der Waals surface area contributed by atoms with Crippen LogP contribution in [0.15, 0.2) is 24.3 Å². The zero-order chi connectivity index (χ0) is 18.8. The molecule has 148 valence electrons. The fraction of sp³-hybridized carbons (Fsp3) is 0.636. The summed E-state index contributed by atoms with van der Waals surface area (Å²) < 4.78 is 16.5. The molecule has 0 spiro atoms. The number of benzene rings is 1. The average Bonchev–Trinajstić information content (AvgIpc) is 3.32. The lowest BCUT2D eigenvalue weighted by Crippen LogP contribution is -3.27. The number of nitrogens with one attached hydrogen (secondary N) is 2. The van der Waals surface area contributed by atoms with E-state index in [1.165, 1.54) is 51.1 Å². The van der Waals surface area contributed by atoms with Gasteiger partial charge in [0.15, 0.2) is 11.5 Å². The third-order valence-electron chi connectivity index (χ3n) is 6.86. The molecule has 3 aliphatic rings. The minimum atomic E-state index is 0.724. The fourth-order valence-corrected chi connectivity index (χ4v) is 5.34. The van der Waals surface area contributed by atoms with E-state index < -0.39 is 0 Å². The van der Waals surface area contributed by atoms with Gasteiger partial charge in [-0.15, -0.1) is 0 Å². The van der Waals surface area contributed by atoms with E-state index in [1.54, 1.807) is 26.2 Å². The van der Waals surface area contributed by atoms with Gasteiger partial charge in [-0.05, 0) is 30.7 Å². The Bertz CT molecular complexity index is 682. The first kappa shape index (κ1) is 18.6. The van der Waals surface area contributed by atoms with Crippen LogP contribution in [0.1, 0.15) is 18.4 Å². The van der Waals surface area contributed by atoms with Crippen molar-refractivity contribution in [2.24, 2.45) is 17.8 Å². The number of fused-ring (bicyclic) bond motifs is 2. The Morgan fingerprint density at radius 2 is 1.48 bits per heavy atom. The molecule has 2 N–H and O–H groups in total. The molecule has 2 aliphatic carbocycles. The first-order chi connectivity index (χ1) is 13.2. The molecule has 0 unspecified atom stereocenters. The minimum absolute atomic E-state index is 0.724. The van der Waals surface area contributed by atoms with Crippen molar-refractivity contribution in [1.29, 1.82) is 0 Å². The van der Waals surface area contributed by atoms with Crippen molar-refractivity contribution >= 4 is 0 Å². The van der Waals surface area contributed by atoms with Crippen molar-refractivity contribution in [3.05, 3.63) is 29.8 Å². The summed E-state index contributed by atoms with van der Waals surface area (Å²) in [6.07, 6.45) is 7.80. The van der Waals surface area contributed by atoms with Crippen molar-refractivity contribution in [3.63, 3.8) is 0 Å². The number of allylic oxidation sites excluding steroid dienone is 2. The molecule has 4 rings (SSSR count). The highest BCUT2D eigenvalue weighted by Crippen LogP contribution is 2.42. The summed E-state index contributed by atoms with van der Waals surface area (Å²) in [6.45, 7) is 7.37. The van der Waals surface area contributed by atoms with Crippen molar-refractivity contribution in [3.8, 4) is 17.2 Å². The topological polar surface area (TPSA) is 36.6 Å². The largest absolute Gasteiger partial charge is 0.496 e. The first-order valence-electron chi connectivity index (χ1n) is 10.3. The molecule has 0 amide bonds. The Hall–Kier alpha value is -1.72. The summed E-state index contributed by atoms with van der Waals surface area (Å²) in [5.41, 5.74) is 1.20. The van der Waals surface area contributed by atoms with Gasteiger partial charge < -0.3 is 24.0 Å². The molecule has 1 aromatic carbocycles. The van der Waals surface area contributed by atoms with Crippen LogP contribution in [0.3, 0.4) is 0 Å². The highest BCUT2D eigenvalue weighted by molar-refractivity contribution is 5.50. The minimum Gasteiger partial charge on any atom is -0.496 e. The molecule has 1 heterocycles.